The van der Waals surface area contributed by atoms with Crippen molar-refractivity contribution in [2.45, 2.75) is 6.42 Å². The number of anilines is 1. The lowest BCUT2D eigenvalue weighted by molar-refractivity contribution is -0.152. The molecule has 4 aliphatic rings. The molecule has 5 nitrogen and oxygen atoms in total. The quantitative estimate of drug-likeness (QED) is 0.769. The number of aliphatic carboxylic acids is 1. The molecule has 0 aliphatic heterocycles. The molecule has 2 fully saturated rings. The molecule has 0 heterocycles. The summed E-state index contributed by atoms with van der Waals surface area (Å²) >= 11 is 0. The van der Waals surface area contributed by atoms with Crippen LogP contribution in [-0.4, -0.2) is 17.0 Å². The van der Waals surface area contributed by atoms with E-state index in [1.165, 1.54) is 0 Å². The van der Waals surface area contributed by atoms with E-state index in [0.29, 0.717) is 23.3 Å². The highest BCUT2D eigenvalue weighted by Gasteiger charge is 2.62. The van der Waals surface area contributed by atoms with E-state index >= 15 is 0 Å². The number of hydrogen-bond acceptors (Lipinski definition) is 3. The molecule has 2 aromatic carbocycles. The summed E-state index contributed by atoms with van der Waals surface area (Å²) in [5.41, 5.74) is 0.646. The number of carbonyl (C=O) groups excluding carboxylic acids is 1. The molecule has 0 aromatic heterocycles. The van der Waals surface area contributed by atoms with Gasteiger partial charge in [-0.05, 0) is 66.5 Å². The highest BCUT2D eigenvalue weighted by Crippen LogP contribution is 2.63. The van der Waals surface area contributed by atoms with Crippen LogP contribution in [0.4, 0.5) is 5.69 Å². The van der Waals surface area contributed by atoms with E-state index in [0.717, 1.165) is 12.2 Å². The Bertz CT molecular complexity index is 937. The average Bonchev–Trinajstić information content (AvgIpc) is 3.52. The number of amides is 1. The van der Waals surface area contributed by atoms with Gasteiger partial charge in [0.15, 0.2) is 0 Å². The number of carboxylic acid groups (broad SMARTS) is 1. The van der Waals surface area contributed by atoms with Crippen LogP contribution in [-0.2, 0) is 9.59 Å². The number of nitrogens with one attached hydrogen (secondary N) is 1. The predicted molar refractivity (Wildman–Crippen MR) is 104 cm³/mol. The van der Waals surface area contributed by atoms with Crippen molar-refractivity contribution in [2.24, 2.45) is 35.5 Å². The Morgan fingerprint density at radius 1 is 0.857 bits per heavy atom. The minimum absolute atomic E-state index is 0.00935. The van der Waals surface area contributed by atoms with Crippen LogP contribution < -0.4 is 10.1 Å². The highest BCUT2D eigenvalue weighted by molar-refractivity contribution is 5.96. The monoisotopic (exact) mass is 375 g/mol. The number of carbonyl (C=O) groups is 2. The van der Waals surface area contributed by atoms with Crippen molar-refractivity contribution in [3.8, 4) is 11.5 Å². The Morgan fingerprint density at radius 2 is 1.46 bits per heavy atom. The highest BCUT2D eigenvalue weighted by atomic mass is 16.5. The van der Waals surface area contributed by atoms with E-state index in [4.69, 9.17) is 4.74 Å². The van der Waals surface area contributed by atoms with Gasteiger partial charge in [0.1, 0.15) is 11.5 Å². The summed E-state index contributed by atoms with van der Waals surface area (Å²) < 4.78 is 5.76. The third-order valence-electron chi connectivity index (χ3n) is 6.34. The largest absolute Gasteiger partial charge is 0.481 e. The maximum atomic E-state index is 13.0. The minimum atomic E-state index is -0.864. The van der Waals surface area contributed by atoms with Gasteiger partial charge in [-0.3, -0.25) is 9.59 Å². The normalized spacial score (nSPS) is 31.7. The zero-order valence-electron chi connectivity index (χ0n) is 15.2. The molecule has 2 aromatic rings. The Hall–Kier alpha value is -3.08. The van der Waals surface area contributed by atoms with Crippen molar-refractivity contribution in [1.82, 2.24) is 0 Å². The van der Waals surface area contributed by atoms with Crippen molar-refractivity contribution >= 4 is 17.6 Å². The van der Waals surface area contributed by atoms with Crippen LogP contribution >= 0.6 is 0 Å². The van der Waals surface area contributed by atoms with Gasteiger partial charge in [0, 0.05) is 5.69 Å². The van der Waals surface area contributed by atoms with Gasteiger partial charge in [-0.1, -0.05) is 30.4 Å². The Balaban J connectivity index is 1.30. The van der Waals surface area contributed by atoms with Crippen LogP contribution in [0.2, 0.25) is 0 Å². The van der Waals surface area contributed by atoms with Gasteiger partial charge in [0.05, 0.1) is 11.8 Å². The summed E-state index contributed by atoms with van der Waals surface area (Å²) in [4.78, 5) is 24.8. The van der Waals surface area contributed by atoms with Crippen LogP contribution in [0, 0.1) is 35.5 Å². The molecule has 2 bridgehead atoms. The SMILES string of the molecule is O=C(O)[C@@H]1[C@H]2C=C[C@@H]([C@@H]3C[C@@H]23)[C@H]1C(=O)Nc1ccc(Oc2ccccc2)cc1. The first-order valence-electron chi connectivity index (χ1n) is 9.67. The number of allylic oxidation sites excluding steroid dienone is 2. The molecule has 0 unspecified atom stereocenters. The van der Waals surface area contributed by atoms with Crippen LogP contribution in [0.15, 0.2) is 66.7 Å². The summed E-state index contributed by atoms with van der Waals surface area (Å²) in [6, 6.07) is 16.6. The summed E-state index contributed by atoms with van der Waals surface area (Å²) in [6.45, 7) is 0. The summed E-state index contributed by atoms with van der Waals surface area (Å²) in [5, 5.41) is 12.6. The predicted octanol–water partition coefficient (Wildman–Crippen LogP) is 4.19. The van der Waals surface area contributed by atoms with Gasteiger partial charge in [-0.2, -0.15) is 0 Å². The number of fused-ring (bicyclic) bond motifs is 1. The summed E-state index contributed by atoms with van der Waals surface area (Å²) in [7, 11) is 0. The van der Waals surface area contributed by atoms with E-state index in [-0.39, 0.29) is 17.7 Å². The zero-order valence-corrected chi connectivity index (χ0v) is 15.2. The van der Waals surface area contributed by atoms with Crippen molar-refractivity contribution in [3.63, 3.8) is 0 Å². The van der Waals surface area contributed by atoms with Gasteiger partial charge in [0.2, 0.25) is 5.91 Å². The number of hydrogen-bond donors (Lipinski definition) is 2. The van der Waals surface area contributed by atoms with E-state index < -0.39 is 17.8 Å². The second-order valence-corrected chi connectivity index (χ2v) is 7.92. The molecule has 1 amide bonds. The lowest BCUT2D eigenvalue weighted by Crippen LogP contribution is -2.48. The lowest BCUT2D eigenvalue weighted by Gasteiger charge is -2.41. The number of rotatable bonds is 5. The smallest absolute Gasteiger partial charge is 0.307 e. The Kier molecular flexibility index (Phi) is 3.97. The zero-order chi connectivity index (χ0) is 19.3. The first-order valence-corrected chi connectivity index (χ1v) is 9.67. The molecule has 5 heteroatoms. The Labute approximate surface area is 163 Å². The third-order valence-corrected chi connectivity index (χ3v) is 6.34. The molecule has 2 saturated carbocycles. The first-order chi connectivity index (χ1) is 13.6. The molecule has 2 N–H and O–H groups in total. The molecule has 28 heavy (non-hydrogen) atoms. The molecular weight excluding hydrogens is 354 g/mol. The fraction of sp³-hybridized carbons (Fsp3) is 0.304. The standard InChI is InChI=1S/C23H21NO4/c25-22(20-16-10-11-17(19-12-18(16)19)21(20)23(26)27)24-13-6-8-15(9-7-13)28-14-4-2-1-3-5-14/h1-11,16-21H,12H2,(H,24,25)(H,26,27)/t16-,17-,18-,19-,20+,21+/m0/s1. The van der Waals surface area contributed by atoms with Gasteiger partial charge in [0.25, 0.3) is 0 Å². The maximum Gasteiger partial charge on any atom is 0.307 e. The summed E-state index contributed by atoms with van der Waals surface area (Å²) in [5.74, 6) is 0.182. The molecule has 0 spiro atoms. The van der Waals surface area contributed by atoms with E-state index in [1.807, 2.05) is 36.4 Å². The first kappa shape index (κ1) is 17.0. The second kappa shape index (κ2) is 6.51. The molecule has 0 radical (unpaired) electrons. The number of para-hydroxylation sites is 1. The lowest BCUT2D eigenvalue weighted by atomic mass is 9.62. The van der Waals surface area contributed by atoms with Crippen molar-refractivity contribution < 1.29 is 19.4 Å². The fourth-order valence-electron chi connectivity index (χ4n) is 5.03. The van der Waals surface area contributed by atoms with E-state index in [9.17, 15) is 14.7 Å². The molecule has 6 atom stereocenters. The minimum Gasteiger partial charge on any atom is -0.481 e. The molecule has 0 saturated heterocycles. The van der Waals surface area contributed by atoms with Gasteiger partial charge >= 0.3 is 5.97 Å². The number of carboxylic acids is 1. The van der Waals surface area contributed by atoms with Gasteiger partial charge in [-0.15, -0.1) is 0 Å². The third kappa shape index (κ3) is 2.87. The van der Waals surface area contributed by atoms with Crippen molar-refractivity contribution in [2.75, 3.05) is 5.32 Å². The summed E-state index contributed by atoms with van der Waals surface area (Å²) in [6.07, 6.45) is 5.14. The maximum absolute atomic E-state index is 13.0. The van der Waals surface area contributed by atoms with Crippen molar-refractivity contribution in [1.29, 1.82) is 0 Å². The topological polar surface area (TPSA) is 75.6 Å². The second-order valence-electron chi connectivity index (χ2n) is 7.92. The van der Waals surface area contributed by atoms with Gasteiger partial charge < -0.3 is 15.2 Å². The van der Waals surface area contributed by atoms with Gasteiger partial charge in [-0.25, -0.2) is 0 Å². The van der Waals surface area contributed by atoms with E-state index in [1.54, 1.807) is 24.3 Å². The van der Waals surface area contributed by atoms with Crippen LogP contribution in [0.25, 0.3) is 0 Å². The van der Waals surface area contributed by atoms with Crippen molar-refractivity contribution in [3.05, 3.63) is 66.7 Å². The fourth-order valence-corrected chi connectivity index (χ4v) is 5.03. The van der Waals surface area contributed by atoms with Crippen LogP contribution in [0.3, 0.4) is 0 Å². The van der Waals surface area contributed by atoms with Crippen LogP contribution in [0.5, 0.6) is 11.5 Å². The number of ether oxygens (including phenoxy) is 1. The molecule has 6 rings (SSSR count). The molecule has 142 valence electrons. The Morgan fingerprint density at radius 3 is 2.11 bits per heavy atom. The molecule has 4 aliphatic carbocycles. The number of benzene rings is 2. The average molecular weight is 375 g/mol. The van der Waals surface area contributed by atoms with Crippen LogP contribution in [0.1, 0.15) is 6.42 Å². The van der Waals surface area contributed by atoms with E-state index in [2.05, 4.69) is 11.4 Å². The molecular formula is C23H21NO4.